The van der Waals surface area contributed by atoms with Crippen LogP contribution in [0, 0.1) is 0 Å². The van der Waals surface area contributed by atoms with Crippen molar-refractivity contribution in [2.24, 2.45) is 0 Å². The smallest absolute Gasteiger partial charge is 0.307 e. The van der Waals surface area contributed by atoms with Crippen LogP contribution >= 0.6 is 0 Å². The molecule has 1 aliphatic rings. The topological polar surface area (TPSA) is 63.6 Å². The van der Waals surface area contributed by atoms with Gasteiger partial charge in [-0.15, -0.1) is 0 Å². The number of hydrogen-bond donors (Lipinski definition) is 1. The number of Topliss-reactive ketones (excluding diaryl/α,β-unsaturated/α-hetero) is 1. The fraction of sp³-hybridized carbons (Fsp3) is 0.111. The Morgan fingerprint density at radius 3 is 2.45 bits per heavy atom. The Morgan fingerprint density at radius 1 is 1.09 bits per heavy atom. The molecule has 0 fully saturated rings. The van der Waals surface area contributed by atoms with Gasteiger partial charge in [0.15, 0.2) is 5.78 Å². The third-order valence-electron chi connectivity index (χ3n) is 3.71. The second-order valence-corrected chi connectivity index (χ2v) is 5.03. The van der Waals surface area contributed by atoms with Gasteiger partial charge in [-0.1, -0.05) is 30.3 Å². The number of aliphatic carboxylic acids is 1. The fourth-order valence-electron chi connectivity index (χ4n) is 2.75. The molecule has 0 aromatic heterocycles. The zero-order valence-electron chi connectivity index (χ0n) is 12.0. The number of methoxy groups -OCH3 is 1. The van der Waals surface area contributed by atoms with E-state index in [4.69, 9.17) is 9.84 Å². The highest BCUT2D eigenvalue weighted by Gasteiger charge is 2.31. The minimum atomic E-state index is -1.02. The van der Waals surface area contributed by atoms with Crippen LogP contribution in [0.1, 0.15) is 27.9 Å². The molecule has 1 N–H and O–H groups in total. The van der Waals surface area contributed by atoms with E-state index in [9.17, 15) is 9.59 Å². The van der Waals surface area contributed by atoms with Crippen molar-refractivity contribution >= 4 is 17.3 Å². The van der Waals surface area contributed by atoms with Crippen molar-refractivity contribution in [3.63, 3.8) is 0 Å². The molecule has 2 aromatic carbocycles. The van der Waals surface area contributed by atoms with E-state index >= 15 is 0 Å². The molecule has 0 aliphatic heterocycles. The maximum Gasteiger partial charge on any atom is 0.307 e. The molecule has 22 heavy (non-hydrogen) atoms. The Morgan fingerprint density at radius 2 is 1.82 bits per heavy atom. The zero-order valence-corrected chi connectivity index (χ0v) is 12.0. The van der Waals surface area contributed by atoms with E-state index in [1.807, 2.05) is 36.4 Å². The van der Waals surface area contributed by atoms with Crippen LogP contribution in [0.5, 0.6) is 5.75 Å². The molecule has 110 valence electrons. The van der Waals surface area contributed by atoms with E-state index in [0.717, 1.165) is 11.1 Å². The second kappa shape index (κ2) is 5.48. The molecule has 0 amide bonds. The number of ether oxygens (including phenoxy) is 1. The molecule has 0 radical (unpaired) electrons. The Kier molecular flexibility index (Phi) is 3.51. The van der Waals surface area contributed by atoms with Gasteiger partial charge in [0, 0.05) is 11.1 Å². The van der Waals surface area contributed by atoms with Crippen LogP contribution in [-0.4, -0.2) is 24.0 Å². The number of hydrogen-bond acceptors (Lipinski definition) is 3. The number of ketones is 1. The zero-order chi connectivity index (χ0) is 15.7. The van der Waals surface area contributed by atoms with Crippen molar-refractivity contribution < 1.29 is 19.4 Å². The number of fused-ring (bicyclic) bond motifs is 1. The van der Waals surface area contributed by atoms with Crippen molar-refractivity contribution in [3.8, 4) is 5.75 Å². The van der Waals surface area contributed by atoms with Gasteiger partial charge in [0.2, 0.25) is 0 Å². The molecule has 0 saturated heterocycles. The first-order valence-electron chi connectivity index (χ1n) is 6.85. The van der Waals surface area contributed by atoms with Crippen molar-refractivity contribution in [3.05, 3.63) is 70.8 Å². The molecule has 2 aromatic rings. The van der Waals surface area contributed by atoms with E-state index in [0.29, 0.717) is 22.5 Å². The van der Waals surface area contributed by atoms with E-state index in [-0.39, 0.29) is 12.2 Å². The summed E-state index contributed by atoms with van der Waals surface area (Å²) < 4.78 is 5.16. The molecule has 0 saturated carbocycles. The number of carboxylic acids is 1. The van der Waals surface area contributed by atoms with Crippen LogP contribution in [0.3, 0.4) is 0 Å². The van der Waals surface area contributed by atoms with Gasteiger partial charge < -0.3 is 9.84 Å². The average Bonchev–Trinajstić information content (AvgIpc) is 2.80. The van der Waals surface area contributed by atoms with Gasteiger partial charge >= 0.3 is 5.97 Å². The van der Waals surface area contributed by atoms with Crippen molar-refractivity contribution in [1.29, 1.82) is 0 Å². The summed E-state index contributed by atoms with van der Waals surface area (Å²) in [5.41, 5.74) is 3.12. The highest BCUT2D eigenvalue weighted by Crippen LogP contribution is 2.40. The Balaban J connectivity index is 2.22. The van der Waals surface area contributed by atoms with E-state index in [1.54, 1.807) is 12.1 Å². The van der Waals surface area contributed by atoms with Crippen LogP contribution < -0.4 is 4.74 Å². The third-order valence-corrected chi connectivity index (χ3v) is 3.71. The highest BCUT2D eigenvalue weighted by atomic mass is 16.5. The van der Waals surface area contributed by atoms with Crippen LogP contribution in [0.4, 0.5) is 0 Å². The molecule has 0 heterocycles. The number of carbonyl (C=O) groups excluding carboxylic acids is 1. The summed E-state index contributed by atoms with van der Waals surface area (Å²) in [6.45, 7) is 0. The Hall–Kier alpha value is -2.88. The van der Waals surface area contributed by atoms with Gasteiger partial charge in [0.1, 0.15) is 5.75 Å². The molecule has 0 atom stereocenters. The first kappa shape index (κ1) is 14.1. The highest BCUT2D eigenvalue weighted by molar-refractivity contribution is 6.24. The standard InChI is InChI=1S/C18H14O4/c1-22-12-7-8-13-14(9-12)18(21)15(10-16(19)20)17(13)11-5-3-2-4-6-11/h2-9H,10H2,1H3,(H,19,20). The largest absolute Gasteiger partial charge is 0.497 e. The molecular formula is C18H14O4. The lowest BCUT2D eigenvalue weighted by Crippen LogP contribution is -2.05. The van der Waals surface area contributed by atoms with Gasteiger partial charge in [-0.05, 0) is 34.9 Å². The van der Waals surface area contributed by atoms with E-state index < -0.39 is 5.97 Å². The quantitative estimate of drug-likeness (QED) is 0.940. The van der Waals surface area contributed by atoms with Gasteiger partial charge in [-0.3, -0.25) is 9.59 Å². The van der Waals surface area contributed by atoms with Gasteiger partial charge in [-0.2, -0.15) is 0 Å². The molecule has 1 aliphatic carbocycles. The van der Waals surface area contributed by atoms with Gasteiger partial charge in [0.25, 0.3) is 0 Å². The minimum absolute atomic E-state index is 0.241. The molecular weight excluding hydrogens is 280 g/mol. The minimum Gasteiger partial charge on any atom is -0.497 e. The lowest BCUT2D eigenvalue weighted by Gasteiger charge is -2.08. The Bertz CT molecular complexity index is 788. The van der Waals surface area contributed by atoms with Crippen molar-refractivity contribution in [2.75, 3.05) is 7.11 Å². The summed E-state index contributed by atoms with van der Waals surface area (Å²) in [5, 5.41) is 9.13. The molecule has 0 unspecified atom stereocenters. The molecule has 0 spiro atoms. The summed E-state index contributed by atoms with van der Waals surface area (Å²) in [5.74, 6) is -0.678. The van der Waals surface area contributed by atoms with Crippen LogP contribution in [0.2, 0.25) is 0 Å². The second-order valence-electron chi connectivity index (χ2n) is 5.03. The maximum atomic E-state index is 12.6. The normalized spacial score (nSPS) is 13.2. The lowest BCUT2D eigenvalue weighted by atomic mass is 9.96. The number of benzene rings is 2. The number of rotatable bonds is 4. The fourth-order valence-corrected chi connectivity index (χ4v) is 2.75. The van der Waals surface area contributed by atoms with E-state index in [1.165, 1.54) is 7.11 Å². The predicted octanol–water partition coefficient (Wildman–Crippen LogP) is 3.17. The molecule has 4 nitrogen and oxygen atoms in total. The lowest BCUT2D eigenvalue weighted by molar-refractivity contribution is -0.136. The SMILES string of the molecule is COc1ccc2c(c1)C(=O)C(CC(=O)O)=C2c1ccccc1. The molecule has 4 heteroatoms. The van der Waals surface area contributed by atoms with Crippen LogP contribution in [0.25, 0.3) is 5.57 Å². The first-order chi connectivity index (χ1) is 10.6. The third kappa shape index (κ3) is 2.29. The summed E-state index contributed by atoms with van der Waals surface area (Å²) in [6.07, 6.45) is -0.292. The molecule has 3 rings (SSSR count). The number of carboxylic acid groups (broad SMARTS) is 1. The van der Waals surface area contributed by atoms with Crippen LogP contribution in [-0.2, 0) is 4.79 Å². The first-order valence-corrected chi connectivity index (χ1v) is 6.85. The van der Waals surface area contributed by atoms with Crippen LogP contribution in [0.15, 0.2) is 54.1 Å². The maximum absolute atomic E-state index is 12.6. The predicted molar refractivity (Wildman–Crippen MR) is 82.0 cm³/mol. The van der Waals surface area contributed by atoms with E-state index in [2.05, 4.69) is 0 Å². The summed E-state index contributed by atoms with van der Waals surface area (Å²) in [4.78, 5) is 23.7. The van der Waals surface area contributed by atoms with Crippen molar-refractivity contribution in [2.45, 2.75) is 6.42 Å². The summed E-state index contributed by atoms with van der Waals surface area (Å²) in [6, 6.07) is 14.6. The summed E-state index contributed by atoms with van der Waals surface area (Å²) >= 11 is 0. The number of carbonyl (C=O) groups is 2. The average molecular weight is 294 g/mol. The monoisotopic (exact) mass is 294 g/mol. The Labute approximate surface area is 127 Å². The molecule has 0 bridgehead atoms. The van der Waals surface area contributed by atoms with Gasteiger partial charge in [0.05, 0.1) is 13.5 Å². The van der Waals surface area contributed by atoms with Gasteiger partial charge in [-0.25, -0.2) is 0 Å². The van der Waals surface area contributed by atoms with Crippen molar-refractivity contribution in [1.82, 2.24) is 0 Å². The summed E-state index contributed by atoms with van der Waals surface area (Å²) in [7, 11) is 1.53.